The predicted octanol–water partition coefficient (Wildman–Crippen LogP) is 3.27. The van der Waals surface area contributed by atoms with Gasteiger partial charge in [0.1, 0.15) is 6.33 Å². The highest BCUT2D eigenvalue weighted by Gasteiger charge is 2.04. The molecule has 3 aromatic rings. The number of fused-ring (bicyclic) bond motifs is 1. The van der Waals surface area contributed by atoms with Gasteiger partial charge in [0.15, 0.2) is 0 Å². The highest BCUT2D eigenvalue weighted by atomic mass is 35.5. The minimum Gasteiger partial charge on any atom is -0.252 e. The first kappa shape index (κ1) is 11.1. The predicted molar refractivity (Wildman–Crippen MR) is 71.6 cm³/mol. The van der Waals surface area contributed by atoms with Gasteiger partial charge < -0.3 is 0 Å². The molecule has 0 saturated carbocycles. The molecule has 0 spiro atoms. The number of hydrogen-bond acceptors (Lipinski definition) is 3. The fourth-order valence-electron chi connectivity index (χ4n) is 1.85. The first-order valence-electron chi connectivity index (χ1n) is 5.62. The lowest BCUT2D eigenvalue weighted by molar-refractivity contribution is 0.996. The quantitative estimate of drug-likeness (QED) is 0.705. The van der Waals surface area contributed by atoms with Crippen molar-refractivity contribution >= 4 is 22.5 Å². The summed E-state index contributed by atoms with van der Waals surface area (Å²) in [7, 11) is 0. The van der Waals surface area contributed by atoms with Crippen molar-refractivity contribution in [2.24, 2.45) is 0 Å². The summed E-state index contributed by atoms with van der Waals surface area (Å²) in [5, 5.41) is 1.71. The zero-order valence-electron chi connectivity index (χ0n) is 9.55. The molecule has 1 aromatic carbocycles. The van der Waals surface area contributed by atoms with Crippen LogP contribution in [0.15, 0.2) is 48.9 Å². The number of pyridine rings is 1. The number of para-hydroxylation sites is 1. The van der Waals surface area contributed by atoms with Gasteiger partial charge in [-0.25, -0.2) is 9.97 Å². The first-order chi connectivity index (χ1) is 8.83. The van der Waals surface area contributed by atoms with Gasteiger partial charge in [-0.3, -0.25) is 4.98 Å². The number of benzene rings is 1. The molecule has 0 aliphatic heterocycles. The van der Waals surface area contributed by atoms with Crippen molar-refractivity contribution in [1.29, 1.82) is 0 Å². The fraction of sp³-hybridized carbons (Fsp3) is 0.0714. The molecule has 0 atom stereocenters. The minimum absolute atomic E-state index is 0.576. The number of aromatic nitrogens is 3. The second-order valence-electron chi connectivity index (χ2n) is 3.99. The average molecular weight is 256 g/mol. The van der Waals surface area contributed by atoms with Crippen molar-refractivity contribution in [2.75, 3.05) is 0 Å². The van der Waals surface area contributed by atoms with Gasteiger partial charge in [0, 0.05) is 23.7 Å². The van der Waals surface area contributed by atoms with Gasteiger partial charge in [-0.05, 0) is 12.1 Å². The maximum absolute atomic E-state index is 6.04. The van der Waals surface area contributed by atoms with Crippen LogP contribution >= 0.6 is 11.6 Å². The van der Waals surface area contributed by atoms with Crippen LogP contribution in [0.1, 0.15) is 11.4 Å². The normalized spacial score (nSPS) is 10.7. The van der Waals surface area contributed by atoms with E-state index in [1.807, 2.05) is 30.3 Å². The fourth-order valence-corrected chi connectivity index (χ4v) is 2.02. The standard InChI is InChI=1S/C14H10ClN3/c15-12-8-16-9-17-14(12)7-11-6-5-10-3-1-2-4-13(10)18-11/h1-6,8-9H,7H2. The molecule has 2 aromatic heterocycles. The molecule has 3 rings (SSSR count). The van der Waals surface area contributed by atoms with E-state index in [4.69, 9.17) is 11.6 Å². The Bertz CT molecular complexity index is 697. The lowest BCUT2D eigenvalue weighted by atomic mass is 10.1. The van der Waals surface area contributed by atoms with Crippen LogP contribution in [0.25, 0.3) is 10.9 Å². The highest BCUT2D eigenvalue weighted by Crippen LogP contribution is 2.17. The topological polar surface area (TPSA) is 38.7 Å². The van der Waals surface area contributed by atoms with Crippen LogP contribution in [0.3, 0.4) is 0 Å². The largest absolute Gasteiger partial charge is 0.252 e. The zero-order valence-corrected chi connectivity index (χ0v) is 10.3. The molecule has 0 N–H and O–H groups in total. The van der Waals surface area contributed by atoms with Gasteiger partial charge in [0.05, 0.1) is 16.2 Å². The van der Waals surface area contributed by atoms with E-state index in [0.717, 1.165) is 22.3 Å². The van der Waals surface area contributed by atoms with Crippen molar-refractivity contribution in [3.05, 3.63) is 65.3 Å². The number of nitrogens with zero attached hydrogens (tertiary/aromatic N) is 3. The summed E-state index contributed by atoms with van der Waals surface area (Å²) in [6.07, 6.45) is 3.72. The maximum Gasteiger partial charge on any atom is 0.115 e. The molecule has 18 heavy (non-hydrogen) atoms. The summed E-state index contributed by atoms with van der Waals surface area (Å²) >= 11 is 6.04. The van der Waals surface area contributed by atoms with Crippen LogP contribution in [-0.4, -0.2) is 15.0 Å². The number of rotatable bonds is 2. The van der Waals surface area contributed by atoms with E-state index in [9.17, 15) is 0 Å². The van der Waals surface area contributed by atoms with E-state index in [1.165, 1.54) is 6.33 Å². The van der Waals surface area contributed by atoms with E-state index in [0.29, 0.717) is 11.4 Å². The van der Waals surface area contributed by atoms with Crippen molar-refractivity contribution in [2.45, 2.75) is 6.42 Å². The van der Waals surface area contributed by atoms with Gasteiger partial charge in [0.25, 0.3) is 0 Å². The van der Waals surface area contributed by atoms with Gasteiger partial charge >= 0.3 is 0 Å². The monoisotopic (exact) mass is 255 g/mol. The second-order valence-corrected chi connectivity index (χ2v) is 4.40. The summed E-state index contributed by atoms with van der Waals surface area (Å²) in [5.41, 5.74) is 2.74. The average Bonchev–Trinajstić information content (AvgIpc) is 2.41. The molecule has 4 heteroatoms. The van der Waals surface area contributed by atoms with Crippen molar-refractivity contribution < 1.29 is 0 Å². The summed E-state index contributed by atoms with van der Waals surface area (Å²) in [6, 6.07) is 12.1. The van der Waals surface area contributed by atoms with Gasteiger partial charge in [-0.1, -0.05) is 35.9 Å². The van der Waals surface area contributed by atoms with Gasteiger partial charge in [-0.15, -0.1) is 0 Å². The molecule has 0 aliphatic rings. The molecule has 0 saturated heterocycles. The van der Waals surface area contributed by atoms with Crippen LogP contribution in [0, 0.1) is 0 Å². The Balaban J connectivity index is 1.98. The SMILES string of the molecule is Clc1cncnc1Cc1ccc2ccccc2n1. The Morgan fingerprint density at radius 3 is 2.83 bits per heavy atom. The Morgan fingerprint density at radius 1 is 1.06 bits per heavy atom. The van der Waals surface area contributed by atoms with Crippen LogP contribution in [-0.2, 0) is 6.42 Å². The number of hydrogen-bond donors (Lipinski definition) is 0. The van der Waals surface area contributed by atoms with Crippen molar-refractivity contribution in [3.63, 3.8) is 0 Å². The summed E-state index contributed by atoms with van der Waals surface area (Å²) < 4.78 is 0. The molecule has 0 unspecified atom stereocenters. The van der Waals surface area contributed by atoms with E-state index >= 15 is 0 Å². The van der Waals surface area contributed by atoms with E-state index < -0.39 is 0 Å². The molecule has 0 amide bonds. The third kappa shape index (κ3) is 2.17. The van der Waals surface area contributed by atoms with Gasteiger partial charge in [-0.2, -0.15) is 0 Å². The Hall–Kier alpha value is -2.00. The maximum atomic E-state index is 6.04. The van der Waals surface area contributed by atoms with Crippen LogP contribution in [0.4, 0.5) is 0 Å². The molecule has 0 aliphatic carbocycles. The Morgan fingerprint density at radius 2 is 1.94 bits per heavy atom. The first-order valence-corrected chi connectivity index (χ1v) is 6.00. The summed E-state index contributed by atoms with van der Waals surface area (Å²) in [4.78, 5) is 12.6. The summed E-state index contributed by atoms with van der Waals surface area (Å²) in [5.74, 6) is 0. The lowest BCUT2D eigenvalue weighted by Crippen LogP contribution is -1.96. The Kier molecular flexibility index (Phi) is 2.90. The highest BCUT2D eigenvalue weighted by molar-refractivity contribution is 6.31. The second kappa shape index (κ2) is 4.70. The molecule has 3 nitrogen and oxygen atoms in total. The van der Waals surface area contributed by atoms with E-state index in [2.05, 4.69) is 21.0 Å². The van der Waals surface area contributed by atoms with Crippen LogP contribution < -0.4 is 0 Å². The molecular weight excluding hydrogens is 246 g/mol. The molecule has 0 bridgehead atoms. The smallest absolute Gasteiger partial charge is 0.115 e. The molecule has 0 fully saturated rings. The third-order valence-corrected chi connectivity index (χ3v) is 3.06. The number of halogens is 1. The van der Waals surface area contributed by atoms with Crippen molar-refractivity contribution in [1.82, 2.24) is 15.0 Å². The molecule has 2 heterocycles. The Labute approximate surface area is 109 Å². The molecular formula is C14H10ClN3. The lowest BCUT2D eigenvalue weighted by Gasteiger charge is -2.03. The minimum atomic E-state index is 0.576. The molecule has 0 radical (unpaired) electrons. The van der Waals surface area contributed by atoms with Crippen LogP contribution in [0.5, 0.6) is 0 Å². The van der Waals surface area contributed by atoms with E-state index in [-0.39, 0.29) is 0 Å². The van der Waals surface area contributed by atoms with E-state index in [1.54, 1.807) is 6.20 Å². The van der Waals surface area contributed by atoms with Crippen LogP contribution in [0.2, 0.25) is 5.02 Å². The van der Waals surface area contributed by atoms with Crippen molar-refractivity contribution in [3.8, 4) is 0 Å². The van der Waals surface area contributed by atoms with Gasteiger partial charge in [0.2, 0.25) is 0 Å². The zero-order chi connectivity index (χ0) is 12.4. The molecule has 88 valence electrons. The summed E-state index contributed by atoms with van der Waals surface area (Å²) in [6.45, 7) is 0. The third-order valence-electron chi connectivity index (χ3n) is 2.75.